The number of imide groups is 1. The van der Waals surface area contributed by atoms with Crippen molar-refractivity contribution in [1.29, 1.82) is 0 Å². The molecule has 0 spiro atoms. The molecular weight excluding hydrogens is 442 g/mol. The first-order valence-electron chi connectivity index (χ1n) is 12.2. The van der Waals surface area contributed by atoms with Gasteiger partial charge in [-0.05, 0) is 54.4 Å². The molecule has 2 bridgehead atoms. The summed E-state index contributed by atoms with van der Waals surface area (Å²) in [5.74, 6) is -1.18. The molecule has 0 unspecified atom stereocenters. The van der Waals surface area contributed by atoms with E-state index in [1.807, 2.05) is 4.90 Å². The first-order valence-corrected chi connectivity index (χ1v) is 12.2. The van der Waals surface area contributed by atoms with Gasteiger partial charge in [0.1, 0.15) is 0 Å². The Morgan fingerprint density at radius 1 is 0.943 bits per heavy atom. The van der Waals surface area contributed by atoms with Crippen LogP contribution in [0.15, 0.2) is 48.5 Å². The van der Waals surface area contributed by atoms with Gasteiger partial charge in [0.2, 0.25) is 5.91 Å². The Bertz CT molecular complexity index is 1200. The number of hydrogen-bond donors (Lipinski definition) is 1. The third kappa shape index (κ3) is 4.24. The van der Waals surface area contributed by atoms with Crippen LogP contribution in [0.4, 0.5) is 5.69 Å². The fourth-order valence-electron chi connectivity index (χ4n) is 6.50. The lowest BCUT2D eigenvalue weighted by molar-refractivity contribution is -0.116. The number of fused-ring (bicyclic) bond motifs is 3. The number of benzene rings is 2. The van der Waals surface area contributed by atoms with Gasteiger partial charge in [0, 0.05) is 25.6 Å². The van der Waals surface area contributed by atoms with Gasteiger partial charge in [-0.1, -0.05) is 45.0 Å². The summed E-state index contributed by atoms with van der Waals surface area (Å²) in [6.45, 7) is 7.51. The van der Waals surface area contributed by atoms with E-state index in [1.54, 1.807) is 48.5 Å². The van der Waals surface area contributed by atoms with Crippen molar-refractivity contribution < 1.29 is 19.2 Å². The summed E-state index contributed by atoms with van der Waals surface area (Å²) >= 11 is 0. The van der Waals surface area contributed by atoms with Crippen LogP contribution in [0, 0.1) is 10.8 Å². The SMILES string of the molecule is CC1(C)C[C@@H]2C[C@@](C)(CN2C(=O)c2ccccc2NC(=O)CCN2C(=O)c3ccccc3C2=O)C1. The van der Waals surface area contributed by atoms with E-state index in [0.29, 0.717) is 22.4 Å². The molecule has 182 valence electrons. The largest absolute Gasteiger partial charge is 0.335 e. The topological polar surface area (TPSA) is 86.8 Å². The predicted octanol–water partition coefficient (Wildman–Crippen LogP) is 4.35. The first-order chi connectivity index (χ1) is 16.6. The minimum atomic E-state index is -0.384. The number of nitrogens with one attached hydrogen (secondary N) is 1. The Labute approximate surface area is 205 Å². The van der Waals surface area contributed by atoms with Gasteiger partial charge in [-0.3, -0.25) is 24.1 Å². The molecule has 2 aromatic rings. The van der Waals surface area contributed by atoms with E-state index in [4.69, 9.17) is 0 Å². The molecular formula is C28H31N3O4. The summed E-state index contributed by atoms with van der Waals surface area (Å²) in [6, 6.07) is 13.9. The van der Waals surface area contributed by atoms with E-state index in [0.717, 1.165) is 30.7 Å². The number of carbonyl (C=O) groups is 4. The Balaban J connectivity index is 1.26. The molecule has 1 saturated heterocycles. The van der Waals surface area contributed by atoms with Gasteiger partial charge in [0.25, 0.3) is 17.7 Å². The van der Waals surface area contributed by atoms with Gasteiger partial charge in [0.15, 0.2) is 0 Å². The van der Waals surface area contributed by atoms with Crippen LogP contribution >= 0.6 is 0 Å². The zero-order valence-corrected chi connectivity index (χ0v) is 20.5. The highest BCUT2D eigenvalue weighted by atomic mass is 16.2. The van der Waals surface area contributed by atoms with Gasteiger partial charge in [-0.15, -0.1) is 0 Å². The van der Waals surface area contributed by atoms with Crippen LogP contribution < -0.4 is 5.32 Å². The van der Waals surface area contributed by atoms with Gasteiger partial charge in [0.05, 0.1) is 22.4 Å². The highest BCUT2D eigenvalue weighted by Gasteiger charge is 2.51. The second kappa shape index (κ2) is 8.33. The first kappa shape index (κ1) is 23.3. The van der Waals surface area contributed by atoms with Gasteiger partial charge >= 0.3 is 0 Å². The van der Waals surface area contributed by atoms with E-state index in [-0.39, 0.29) is 53.5 Å². The van der Waals surface area contributed by atoms with Crippen molar-refractivity contribution in [2.75, 3.05) is 18.4 Å². The third-order valence-corrected chi connectivity index (χ3v) is 7.55. The maximum atomic E-state index is 13.6. The fourth-order valence-corrected chi connectivity index (χ4v) is 6.50. The maximum Gasteiger partial charge on any atom is 0.261 e. The number of para-hydroxylation sites is 1. The quantitative estimate of drug-likeness (QED) is 0.654. The van der Waals surface area contributed by atoms with Crippen LogP contribution in [0.5, 0.6) is 0 Å². The van der Waals surface area contributed by atoms with Crippen LogP contribution in [-0.2, 0) is 4.79 Å². The second-order valence-corrected chi connectivity index (χ2v) is 11.3. The Morgan fingerprint density at radius 2 is 1.57 bits per heavy atom. The summed E-state index contributed by atoms with van der Waals surface area (Å²) in [6.07, 6.45) is 3.03. The smallest absolute Gasteiger partial charge is 0.261 e. The van der Waals surface area contributed by atoms with Gasteiger partial charge < -0.3 is 10.2 Å². The summed E-state index contributed by atoms with van der Waals surface area (Å²) in [5, 5.41) is 2.84. The highest BCUT2D eigenvalue weighted by Crippen LogP contribution is 2.52. The maximum absolute atomic E-state index is 13.6. The van der Waals surface area contributed by atoms with Gasteiger partial charge in [-0.25, -0.2) is 0 Å². The molecule has 1 N–H and O–H groups in total. The molecule has 3 aliphatic rings. The molecule has 4 amide bonds. The Kier molecular flexibility index (Phi) is 5.54. The zero-order valence-electron chi connectivity index (χ0n) is 20.5. The molecule has 1 saturated carbocycles. The van der Waals surface area contributed by atoms with Crippen molar-refractivity contribution >= 4 is 29.3 Å². The van der Waals surface area contributed by atoms with E-state index in [1.165, 1.54) is 0 Å². The molecule has 2 aliphatic heterocycles. The van der Waals surface area contributed by atoms with E-state index in [9.17, 15) is 19.2 Å². The average molecular weight is 474 g/mol. The van der Waals surface area contributed by atoms with Crippen molar-refractivity contribution in [3.63, 3.8) is 0 Å². The lowest BCUT2D eigenvalue weighted by Crippen LogP contribution is -2.38. The summed E-state index contributed by atoms with van der Waals surface area (Å²) < 4.78 is 0. The summed E-state index contributed by atoms with van der Waals surface area (Å²) in [7, 11) is 0. The molecule has 35 heavy (non-hydrogen) atoms. The van der Waals surface area contributed by atoms with E-state index >= 15 is 0 Å². The molecule has 1 aliphatic carbocycles. The lowest BCUT2D eigenvalue weighted by Gasteiger charge is -2.39. The number of hydrogen-bond acceptors (Lipinski definition) is 4. The molecule has 2 heterocycles. The molecule has 5 rings (SSSR count). The molecule has 0 aromatic heterocycles. The number of carbonyl (C=O) groups excluding carboxylic acids is 4. The molecule has 2 fully saturated rings. The van der Waals surface area contributed by atoms with E-state index < -0.39 is 0 Å². The molecule has 0 radical (unpaired) electrons. The molecule has 2 atom stereocenters. The van der Waals surface area contributed by atoms with E-state index in [2.05, 4.69) is 26.1 Å². The monoisotopic (exact) mass is 473 g/mol. The normalized spacial score (nSPS) is 24.5. The number of amides is 4. The van der Waals surface area contributed by atoms with Crippen molar-refractivity contribution in [2.45, 2.75) is 52.5 Å². The van der Waals surface area contributed by atoms with Crippen molar-refractivity contribution in [2.24, 2.45) is 10.8 Å². The standard InChI is InChI=1S/C28H31N3O4/c1-27(2)14-18-15-28(3,16-27)17-31(18)26(35)21-10-6-7-11-22(21)29-23(32)12-13-30-24(33)19-8-4-5-9-20(19)25(30)34/h4-11,18H,12-17H2,1-3H3,(H,29,32)/t18-,28-/m1/s1. The third-order valence-electron chi connectivity index (χ3n) is 7.55. The molecule has 7 nitrogen and oxygen atoms in total. The minimum absolute atomic E-state index is 0.0179. The molecule has 2 aromatic carbocycles. The summed E-state index contributed by atoms with van der Waals surface area (Å²) in [4.78, 5) is 54.6. The lowest BCUT2D eigenvalue weighted by atomic mass is 9.65. The number of anilines is 1. The van der Waals surface area contributed by atoms with Crippen LogP contribution in [0.2, 0.25) is 0 Å². The molecule has 7 heteroatoms. The fraction of sp³-hybridized carbons (Fsp3) is 0.429. The number of rotatable bonds is 5. The van der Waals surface area contributed by atoms with Gasteiger partial charge in [-0.2, -0.15) is 0 Å². The van der Waals surface area contributed by atoms with Crippen molar-refractivity contribution in [3.8, 4) is 0 Å². The number of nitrogens with zero attached hydrogens (tertiary/aromatic N) is 2. The van der Waals surface area contributed by atoms with Crippen molar-refractivity contribution in [1.82, 2.24) is 9.80 Å². The van der Waals surface area contributed by atoms with Crippen LogP contribution in [0.25, 0.3) is 0 Å². The summed E-state index contributed by atoms with van der Waals surface area (Å²) in [5.41, 5.74) is 1.96. The van der Waals surface area contributed by atoms with Crippen molar-refractivity contribution in [3.05, 3.63) is 65.2 Å². The average Bonchev–Trinajstić information content (AvgIpc) is 3.20. The van der Waals surface area contributed by atoms with Crippen LogP contribution in [0.1, 0.15) is 77.5 Å². The minimum Gasteiger partial charge on any atom is -0.335 e. The predicted molar refractivity (Wildman–Crippen MR) is 132 cm³/mol. The Morgan fingerprint density at radius 3 is 2.26 bits per heavy atom. The Hall–Kier alpha value is -3.48. The number of likely N-dealkylation sites (tertiary alicyclic amines) is 1. The van der Waals surface area contributed by atoms with Crippen LogP contribution in [0.3, 0.4) is 0 Å². The van der Waals surface area contributed by atoms with Crippen LogP contribution in [-0.4, -0.2) is 52.6 Å². The second-order valence-electron chi connectivity index (χ2n) is 11.3. The highest BCUT2D eigenvalue weighted by molar-refractivity contribution is 6.21. The zero-order chi connectivity index (χ0) is 25.0.